The minimum atomic E-state index is -0.0808. The van der Waals surface area contributed by atoms with Crippen LogP contribution in [0.15, 0.2) is 42.6 Å². The number of nitrogens with zero attached hydrogens (tertiary/aromatic N) is 1. The van der Waals surface area contributed by atoms with Gasteiger partial charge in [0, 0.05) is 30.3 Å². The van der Waals surface area contributed by atoms with E-state index in [0.29, 0.717) is 24.7 Å². The topological polar surface area (TPSA) is 60.5 Å². The molecule has 4 rings (SSSR count). The van der Waals surface area contributed by atoms with Gasteiger partial charge in [-0.2, -0.15) is 0 Å². The average molecular weight is 324 g/mol. The largest absolute Gasteiger partial charge is 0.472 e. The van der Waals surface area contributed by atoms with Crippen LogP contribution >= 0.6 is 0 Å². The summed E-state index contributed by atoms with van der Waals surface area (Å²) < 4.78 is 11.1. The van der Waals surface area contributed by atoms with Gasteiger partial charge >= 0.3 is 0 Å². The Kier molecular flexibility index (Phi) is 4.17. The highest BCUT2D eigenvalue weighted by atomic mass is 16.5. The number of benzene rings is 1. The predicted molar refractivity (Wildman–Crippen MR) is 89.2 cm³/mol. The molecule has 124 valence electrons. The maximum atomic E-state index is 12.5. The quantitative estimate of drug-likeness (QED) is 0.936. The first-order chi connectivity index (χ1) is 11.8. The van der Waals surface area contributed by atoms with Crippen molar-refractivity contribution in [2.75, 3.05) is 13.2 Å². The molecule has 1 fully saturated rings. The molecule has 5 heteroatoms. The van der Waals surface area contributed by atoms with Crippen LogP contribution < -0.4 is 10.1 Å². The number of amides is 1. The van der Waals surface area contributed by atoms with Gasteiger partial charge in [0.15, 0.2) is 0 Å². The van der Waals surface area contributed by atoms with Crippen molar-refractivity contribution in [1.82, 2.24) is 10.3 Å². The van der Waals surface area contributed by atoms with Crippen LogP contribution in [0.5, 0.6) is 5.88 Å². The molecular weight excluding hydrogens is 304 g/mol. The fourth-order valence-electron chi connectivity index (χ4n) is 3.32. The van der Waals surface area contributed by atoms with Crippen molar-refractivity contribution in [3.05, 3.63) is 59.3 Å². The van der Waals surface area contributed by atoms with E-state index in [1.807, 2.05) is 12.1 Å². The molecule has 0 spiro atoms. The molecule has 5 nitrogen and oxygen atoms in total. The van der Waals surface area contributed by atoms with Crippen molar-refractivity contribution in [1.29, 1.82) is 0 Å². The van der Waals surface area contributed by atoms with Crippen molar-refractivity contribution in [2.24, 2.45) is 0 Å². The van der Waals surface area contributed by atoms with Gasteiger partial charge in [-0.05, 0) is 30.0 Å². The molecule has 1 aromatic heterocycles. The van der Waals surface area contributed by atoms with Crippen LogP contribution in [0.25, 0.3) is 0 Å². The lowest BCUT2D eigenvalue weighted by atomic mass is 10.1. The first-order valence-electron chi connectivity index (χ1n) is 8.36. The molecule has 1 aliphatic carbocycles. The van der Waals surface area contributed by atoms with E-state index in [1.165, 1.54) is 11.1 Å². The standard InChI is InChI=1S/C19H20N2O3/c22-19(21-16-9-13-3-1-2-4-14(13)10-16)15-5-7-20-18(11-15)24-17-6-8-23-12-17/h1-5,7,11,16-17H,6,8-10,12H2,(H,21,22). The number of carbonyl (C=O) groups excluding carboxylic acids is 1. The highest BCUT2D eigenvalue weighted by molar-refractivity contribution is 5.94. The van der Waals surface area contributed by atoms with Gasteiger partial charge in [0.05, 0.1) is 13.2 Å². The normalized spacial score (nSPS) is 19.9. The van der Waals surface area contributed by atoms with E-state index in [0.717, 1.165) is 19.3 Å². The molecule has 1 N–H and O–H groups in total. The van der Waals surface area contributed by atoms with E-state index < -0.39 is 0 Å². The van der Waals surface area contributed by atoms with Crippen molar-refractivity contribution in [2.45, 2.75) is 31.4 Å². The summed E-state index contributed by atoms with van der Waals surface area (Å²) in [5.41, 5.74) is 3.22. The number of hydrogen-bond donors (Lipinski definition) is 1. The summed E-state index contributed by atoms with van der Waals surface area (Å²) in [7, 11) is 0. The fraction of sp³-hybridized carbons (Fsp3) is 0.368. The van der Waals surface area contributed by atoms with Crippen molar-refractivity contribution < 1.29 is 14.3 Å². The lowest BCUT2D eigenvalue weighted by Gasteiger charge is -2.14. The van der Waals surface area contributed by atoms with Gasteiger partial charge in [-0.15, -0.1) is 0 Å². The van der Waals surface area contributed by atoms with Gasteiger partial charge in [-0.25, -0.2) is 4.98 Å². The number of rotatable bonds is 4. The molecule has 1 amide bonds. The summed E-state index contributed by atoms with van der Waals surface area (Å²) >= 11 is 0. The van der Waals surface area contributed by atoms with E-state index in [-0.39, 0.29) is 18.1 Å². The molecule has 2 heterocycles. The van der Waals surface area contributed by atoms with Gasteiger partial charge in [0.1, 0.15) is 6.10 Å². The van der Waals surface area contributed by atoms with Crippen molar-refractivity contribution in [3.63, 3.8) is 0 Å². The van der Waals surface area contributed by atoms with Crippen LogP contribution in [0.1, 0.15) is 27.9 Å². The number of ether oxygens (including phenoxy) is 2. The zero-order valence-corrected chi connectivity index (χ0v) is 13.4. The van der Waals surface area contributed by atoms with Gasteiger partial charge in [-0.3, -0.25) is 4.79 Å². The minimum Gasteiger partial charge on any atom is -0.472 e. The summed E-state index contributed by atoms with van der Waals surface area (Å²) in [6, 6.07) is 11.9. The summed E-state index contributed by atoms with van der Waals surface area (Å²) in [6.45, 7) is 1.30. The Hall–Kier alpha value is -2.40. The number of hydrogen-bond acceptors (Lipinski definition) is 4. The second kappa shape index (κ2) is 6.61. The molecular formula is C19H20N2O3. The highest BCUT2D eigenvalue weighted by Gasteiger charge is 2.23. The van der Waals surface area contributed by atoms with Gasteiger partial charge in [0.25, 0.3) is 5.91 Å². The third-order valence-electron chi connectivity index (χ3n) is 4.56. The number of pyridine rings is 1. The molecule has 1 unspecified atom stereocenters. The van der Waals surface area contributed by atoms with E-state index in [4.69, 9.17) is 9.47 Å². The first kappa shape index (κ1) is 15.1. The second-order valence-corrected chi connectivity index (χ2v) is 6.33. The zero-order valence-electron chi connectivity index (χ0n) is 13.4. The van der Waals surface area contributed by atoms with Crippen LogP contribution in [-0.4, -0.2) is 36.3 Å². The minimum absolute atomic E-state index is 0.0279. The Bertz CT molecular complexity index is 716. The Balaban J connectivity index is 1.40. The van der Waals surface area contributed by atoms with Crippen LogP contribution in [0.2, 0.25) is 0 Å². The van der Waals surface area contributed by atoms with Crippen LogP contribution in [0.3, 0.4) is 0 Å². The third kappa shape index (κ3) is 3.26. The SMILES string of the molecule is O=C(NC1Cc2ccccc2C1)c1ccnc(OC2CCOC2)c1. The summed E-state index contributed by atoms with van der Waals surface area (Å²) in [5, 5.41) is 3.12. The Morgan fingerprint density at radius 2 is 2.00 bits per heavy atom. The smallest absolute Gasteiger partial charge is 0.251 e. The Labute approximate surface area is 141 Å². The lowest BCUT2D eigenvalue weighted by Crippen LogP contribution is -2.35. The molecule has 0 saturated carbocycles. The van der Waals surface area contributed by atoms with E-state index in [2.05, 4.69) is 22.4 Å². The molecule has 24 heavy (non-hydrogen) atoms. The predicted octanol–water partition coefficient (Wildman–Crippen LogP) is 2.15. The van der Waals surface area contributed by atoms with E-state index in [1.54, 1.807) is 18.3 Å². The molecule has 1 aliphatic heterocycles. The maximum absolute atomic E-state index is 12.5. The second-order valence-electron chi connectivity index (χ2n) is 6.33. The van der Waals surface area contributed by atoms with Crippen molar-refractivity contribution in [3.8, 4) is 5.88 Å². The first-order valence-corrected chi connectivity index (χ1v) is 8.36. The molecule has 2 aromatic rings. The number of nitrogens with one attached hydrogen (secondary N) is 1. The molecule has 2 aliphatic rings. The molecule has 0 bridgehead atoms. The van der Waals surface area contributed by atoms with Gasteiger partial charge in [0.2, 0.25) is 5.88 Å². The molecule has 1 saturated heterocycles. The fourth-order valence-corrected chi connectivity index (χ4v) is 3.32. The molecule has 1 atom stereocenters. The van der Waals surface area contributed by atoms with E-state index in [9.17, 15) is 4.79 Å². The number of aromatic nitrogens is 1. The van der Waals surface area contributed by atoms with E-state index >= 15 is 0 Å². The van der Waals surface area contributed by atoms with Crippen LogP contribution in [0.4, 0.5) is 0 Å². The Morgan fingerprint density at radius 1 is 1.21 bits per heavy atom. The van der Waals surface area contributed by atoms with Crippen LogP contribution in [-0.2, 0) is 17.6 Å². The average Bonchev–Trinajstić information content (AvgIpc) is 3.24. The highest BCUT2D eigenvalue weighted by Crippen LogP contribution is 2.22. The van der Waals surface area contributed by atoms with Gasteiger partial charge < -0.3 is 14.8 Å². The summed E-state index contributed by atoms with van der Waals surface area (Å²) in [6.07, 6.45) is 4.27. The van der Waals surface area contributed by atoms with Gasteiger partial charge in [-0.1, -0.05) is 24.3 Å². The Morgan fingerprint density at radius 3 is 2.71 bits per heavy atom. The number of carbonyl (C=O) groups is 1. The molecule has 1 aromatic carbocycles. The lowest BCUT2D eigenvalue weighted by molar-refractivity contribution is 0.0937. The van der Waals surface area contributed by atoms with Crippen molar-refractivity contribution >= 4 is 5.91 Å². The summed E-state index contributed by atoms with van der Waals surface area (Å²) in [4.78, 5) is 16.7. The summed E-state index contributed by atoms with van der Waals surface area (Å²) in [5.74, 6) is 0.399. The maximum Gasteiger partial charge on any atom is 0.251 e. The number of fused-ring (bicyclic) bond motifs is 1. The monoisotopic (exact) mass is 324 g/mol. The van der Waals surface area contributed by atoms with Crippen LogP contribution in [0, 0.1) is 0 Å². The molecule has 0 radical (unpaired) electrons. The zero-order chi connectivity index (χ0) is 16.4. The third-order valence-corrected chi connectivity index (χ3v) is 4.56.